The number of hydrogen-bond acceptors (Lipinski definition) is 8. The molecule has 2 N–H and O–H groups in total. The predicted octanol–water partition coefficient (Wildman–Crippen LogP) is 2.29. The molecule has 1 aliphatic carbocycles. The van der Waals surface area contributed by atoms with Gasteiger partial charge in [0.15, 0.2) is 17.3 Å². The molecule has 0 bridgehead atoms. The Hall–Kier alpha value is -3.18. The van der Waals surface area contributed by atoms with Crippen LogP contribution in [0.5, 0.6) is 17.2 Å². The molecule has 154 valence electrons. The molecular weight excluding hydrogens is 372 g/mol. The quantitative estimate of drug-likeness (QED) is 0.806. The molecule has 3 rings (SSSR count). The maximum Gasteiger partial charge on any atom is 0.203 e. The van der Waals surface area contributed by atoms with Gasteiger partial charge in [0.2, 0.25) is 5.75 Å². The third-order valence-corrected chi connectivity index (χ3v) is 5.31. The van der Waals surface area contributed by atoms with Crippen LogP contribution in [0.15, 0.2) is 34.8 Å². The number of nitrogens with zero attached hydrogens (tertiary/aromatic N) is 3. The van der Waals surface area contributed by atoms with Gasteiger partial charge in [-0.25, -0.2) is 5.01 Å². The van der Waals surface area contributed by atoms with E-state index in [9.17, 15) is 10.1 Å². The molecule has 8 nitrogen and oxygen atoms in total. The van der Waals surface area contributed by atoms with E-state index in [1.54, 1.807) is 22.2 Å². The number of ketones is 1. The van der Waals surface area contributed by atoms with E-state index in [4.69, 9.17) is 19.9 Å². The number of ether oxygens (including phenoxy) is 3. The second kappa shape index (κ2) is 8.05. The van der Waals surface area contributed by atoms with E-state index in [0.29, 0.717) is 52.6 Å². The zero-order valence-electron chi connectivity index (χ0n) is 17.4. The van der Waals surface area contributed by atoms with Crippen LogP contribution in [0.2, 0.25) is 0 Å². The third-order valence-electron chi connectivity index (χ3n) is 5.31. The Balaban J connectivity index is 2.31. The summed E-state index contributed by atoms with van der Waals surface area (Å²) >= 11 is 0. The molecule has 1 atom stereocenters. The molecule has 0 aromatic heterocycles. The van der Waals surface area contributed by atoms with Crippen molar-refractivity contribution >= 4 is 5.78 Å². The summed E-state index contributed by atoms with van der Waals surface area (Å²) in [6.07, 6.45) is 1.90. The van der Waals surface area contributed by atoms with Gasteiger partial charge < -0.3 is 19.9 Å². The number of hydrazine groups is 1. The molecule has 1 heterocycles. The first-order chi connectivity index (χ1) is 13.9. The highest BCUT2D eigenvalue weighted by molar-refractivity contribution is 5.99. The molecular formula is C21H26N4O4. The van der Waals surface area contributed by atoms with Crippen LogP contribution >= 0.6 is 0 Å². The van der Waals surface area contributed by atoms with Crippen LogP contribution in [-0.4, -0.2) is 51.2 Å². The van der Waals surface area contributed by atoms with E-state index in [-0.39, 0.29) is 5.78 Å². The smallest absolute Gasteiger partial charge is 0.203 e. The van der Waals surface area contributed by atoms with Crippen molar-refractivity contribution in [1.82, 2.24) is 10.0 Å². The Bertz CT molecular complexity index is 917. The van der Waals surface area contributed by atoms with Crippen LogP contribution < -0.4 is 19.9 Å². The van der Waals surface area contributed by atoms with E-state index in [1.165, 1.54) is 21.3 Å². The number of rotatable bonds is 5. The molecule has 0 fully saturated rings. The summed E-state index contributed by atoms with van der Waals surface area (Å²) in [4.78, 5) is 13.0. The highest BCUT2D eigenvalue weighted by Gasteiger charge is 2.41. The lowest BCUT2D eigenvalue weighted by atomic mass is 9.76. The standard InChI is InChI=1S/C21H26N4O4/c1-24(2)25-14-7-6-8-15(26)19(14)18(13(11-22)21(25)23)12-9-16(27-3)20(29-5)17(10-12)28-4/h9-10,18H,6-8,23H2,1-5H3/t18-/m0/s1. The number of nitriles is 1. The summed E-state index contributed by atoms with van der Waals surface area (Å²) in [6.45, 7) is 0. The van der Waals surface area contributed by atoms with Crippen LogP contribution in [0, 0.1) is 11.3 Å². The van der Waals surface area contributed by atoms with Gasteiger partial charge in [0.1, 0.15) is 5.82 Å². The van der Waals surface area contributed by atoms with Gasteiger partial charge in [0.05, 0.1) is 38.9 Å². The molecule has 8 heteroatoms. The summed E-state index contributed by atoms with van der Waals surface area (Å²) in [5.74, 6) is 1.12. The van der Waals surface area contributed by atoms with E-state index in [1.807, 2.05) is 14.1 Å². The predicted molar refractivity (Wildman–Crippen MR) is 107 cm³/mol. The number of allylic oxidation sites excluding steroid dienone is 3. The topological polar surface area (TPSA) is 101 Å². The van der Waals surface area contributed by atoms with Gasteiger partial charge in [-0.15, -0.1) is 0 Å². The molecule has 1 aliphatic heterocycles. The van der Waals surface area contributed by atoms with Crippen molar-refractivity contribution in [2.45, 2.75) is 25.2 Å². The van der Waals surface area contributed by atoms with Crippen LogP contribution in [0.3, 0.4) is 0 Å². The SMILES string of the molecule is COc1cc([C@H]2C(C#N)=C(N)N(N(C)C)C3=C2C(=O)CCC3)cc(OC)c1OC. The normalized spacial score (nSPS) is 19.3. The number of carbonyl (C=O) groups is 1. The minimum Gasteiger partial charge on any atom is -0.493 e. The molecule has 0 unspecified atom stereocenters. The zero-order valence-corrected chi connectivity index (χ0v) is 17.4. The van der Waals surface area contributed by atoms with Gasteiger partial charge in [0, 0.05) is 31.8 Å². The molecule has 2 aliphatic rings. The van der Waals surface area contributed by atoms with E-state index < -0.39 is 5.92 Å². The van der Waals surface area contributed by atoms with Gasteiger partial charge in [-0.2, -0.15) is 5.26 Å². The number of nitrogens with two attached hydrogens (primary N) is 1. The lowest BCUT2D eigenvalue weighted by Gasteiger charge is -2.42. The fourth-order valence-corrected chi connectivity index (χ4v) is 4.13. The fraction of sp³-hybridized carbons (Fsp3) is 0.429. The Labute approximate surface area is 170 Å². The van der Waals surface area contributed by atoms with Crippen molar-refractivity contribution in [2.24, 2.45) is 5.73 Å². The first kappa shape index (κ1) is 20.6. The minimum absolute atomic E-state index is 0.0251. The lowest BCUT2D eigenvalue weighted by Crippen LogP contribution is -2.45. The zero-order chi connectivity index (χ0) is 21.3. The number of methoxy groups -OCH3 is 3. The second-order valence-corrected chi connectivity index (χ2v) is 7.10. The summed E-state index contributed by atoms with van der Waals surface area (Å²) in [5, 5.41) is 13.5. The molecule has 0 amide bonds. The molecule has 29 heavy (non-hydrogen) atoms. The molecule has 1 aromatic carbocycles. The van der Waals surface area contributed by atoms with Crippen LogP contribution in [0.1, 0.15) is 30.7 Å². The maximum atomic E-state index is 13.0. The van der Waals surface area contributed by atoms with Gasteiger partial charge in [-0.1, -0.05) is 0 Å². The van der Waals surface area contributed by atoms with Crippen LogP contribution in [-0.2, 0) is 4.79 Å². The van der Waals surface area contributed by atoms with Crippen molar-refractivity contribution < 1.29 is 19.0 Å². The number of hydrogen-bond donors (Lipinski definition) is 1. The van der Waals surface area contributed by atoms with E-state index in [0.717, 1.165) is 12.1 Å². The van der Waals surface area contributed by atoms with Crippen molar-refractivity contribution in [3.8, 4) is 23.3 Å². The third kappa shape index (κ3) is 3.28. The summed E-state index contributed by atoms with van der Waals surface area (Å²) in [6, 6.07) is 5.78. The Morgan fingerprint density at radius 1 is 1.14 bits per heavy atom. The number of carbonyl (C=O) groups excluding carboxylic acids is 1. The maximum absolute atomic E-state index is 13.0. The monoisotopic (exact) mass is 398 g/mol. The first-order valence-corrected chi connectivity index (χ1v) is 9.32. The molecule has 0 saturated carbocycles. The van der Waals surface area contributed by atoms with E-state index >= 15 is 0 Å². The highest BCUT2D eigenvalue weighted by atomic mass is 16.5. The Morgan fingerprint density at radius 3 is 2.24 bits per heavy atom. The molecule has 0 radical (unpaired) electrons. The Kier molecular flexibility index (Phi) is 5.71. The Morgan fingerprint density at radius 2 is 1.76 bits per heavy atom. The fourth-order valence-electron chi connectivity index (χ4n) is 4.13. The average molecular weight is 398 g/mol. The molecule has 1 aromatic rings. The van der Waals surface area contributed by atoms with Crippen LogP contribution in [0.25, 0.3) is 0 Å². The highest BCUT2D eigenvalue weighted by Crippen LogP contribution is 2.48. The van der Waals surface area contributed by atoms with Gasteiger partial charge in [0.25, 0.3) is 0 Å². The van der Waals surface area contributed by atoms with Crippen molar-refractivity contribution in [2.75, 3.05) is 35.4 Å². The van der Waals surface area contributed by atoms with Crippen molar-refractivity contribution in [3.63, 3.8) is 0 Å². The van der Waals surface area contributed by atoms with Crippen molar-refractivity contribution in [1.29, 1.82) is 5.26 Å². The number of Topliss-reactive ketones (excluding diaryl/α,β-unsaturated/α-hetero) is 1. The lowest BCUT2D eigenvalue weighted by molar-refractivity contribution is -0.116. The van der Waals surface area contributed by atoms with Crippen LogP contribution in [0.4, 0.5) is 0 Å². The summed E-state index contributed by atoms with van der Waals surface area (Å²) in [7, 11) is 8.26. The summed E-state index contributed by atoms with van der Waals surface area (Å²) in [5.41, 5.74) is 8.87. The molecule has 0 saturated heterocycles. The van der Waals surface area contributed by atoms with Gasteiger partial charge in [-0.05, 0) is 30.5 Å². The minimum atomic E-state index is -0.590. The largest absolute Gasteiger partial charge is 0.493 e. The average Bonchev–Trinajstić information content (AvgIpc) is 2.71. The van der Waals surface area contributed by atoms with E-state index in [2.05, 4.69) is 6.07 Å². The number of benzene rings is 1. The second-order valence-electron chi connectivity index (χ2n) is 7.10. The van der Waals surface area contributed by atoms with Crippen molar-refractivity contribution in [3.05, 3.63) is 40.4 Å². The molecule has 0 spiro atoms. The summed E-state index contributed by atoms with van der Waals surface area (Å²) < 4.78 is 16.4. The van der Waals surface area contributed by atoms with Gasteiger partial charge >= 0.3 is 0 Å². The van der Waals surface area contributed by atoms with Gasteiger partial charge in [-0.3, -0.25) is 9.80 Å². The first-order valence-electron chi connectivity index (χ1n) is 9.32.